The van der Waals surface area contributed by atoms with Crippen LogP contribution in [0.15, 0.2) is 33.9 Å². The molecule has 0 unspecified atom stereocenters. The summed E-state index contributed by atoms with van der Waals surface area (Å²) in [6.07, 6.45) is 0. The monoisotopic (exact) mass is 215 g/mol. The number of rotatable bonds is 2. The summed E-state index contributed by atoms with van der Waals surface area (Å²) in [7, 11) is 3.54. The molecule has 0 fully saturated rings. The SMILES string of the molecule is Cc1ccc(-c2c(N(C)C)c(=O)c2=O)cc1. The Morgan fingerprint density at radius 1 is 0.938 bits per heavy atom. The summed E-state index contributed by atoms with van der Waals surface area (Å²) < 4.78 is 0. The van der Waals surface area contributed by atoms with E-state index >= 15 is 0 Å². The molecular weight excluding hydrogens is 202 g/mol. The van der Waals surface area contributed by atoms with E-state index in [1.54, 1.807) is 19.0 Å². The first-order valence-corrected chi connectivity index (χ1v) is 5.10. The van der Waals surface area contributed by atoms with Crippen molar-refractivity contribution in [2.24, 2.45) is 0 Å². The predicted octanol–water partition coefficient (Wildman–Crippen LogP) is 1.32. The molecule has 0 aliphatic carbocycles. The highest BCUT2D eigenvalue weighted by Gasteiger charge is 2.23. The van der Waals surface area contributed by atoms with Crippen molar-refractivity contribution < 1.29 is 0 Å². The molecule has 0 aliphatic heterocycles. The van der Waals surface area contributed by atoms with Crippen LogP contribution in [0.3, 0.4) is 0 Å². The lowest BCUT2D eigenvalue weighted by atomic mass is 9.97. The zero-order valence-corrected chi connectivity index (χ0v) is 9.57. The highest BCUT2D eigenvalue weighted by atomic mass is 16.2. The Bertz CT molecular complexity index is 587. The first-order chi connectivity index (χ1) is 7.52. The van der Waals surface area contributed by atoms with Crippen LogP contribution in [0.2, 0.25) is 0 Å². The molecule has 0 saturated carbocycles. The Morgan fingerprint density at radius 2 is 1.50 bits per heavy atom. The minimum absolute atomic E-state index is 0.382. The maximum Gasteiger partial charge on any atom is 0.250 e. The van der Waals surface area contributed by atoms with E-state index in [1.807, 2.05) is 31.2 Å². The van der Waals surface area contributed by atoms with Crippen LogP contribution in [0.25, 0.3) is 11.1 Å². The maximum absolute atomic E-state index is 11.5. The molecule has 2 aromatic rings. The van der Waals surface area contributed by atoms with Crippen LogP contribution in [0, 0.1) is 6.92 Å². The molecule has 0 saturated heterocycles. The van der Waals surface area contributed by atoms with Gasteiger partial charge in [0.1, 0.15) is 5.69 Å². The van der Waals surface area contributed by atoms with Gasteiger partial charge in [0.2, 0.25) is 10.9 Å². The summed E-state index contributed by atoms with van der Waals surface area (Å²) in [5.74, 6) is 0. The molecule has 2 rings (SSSR count). The van der Waals surface area contributed by atoms with Crippen LogP contribution in [0.5, 0.6) is 0 Å². The number of anilines is 1. The van der Waals surface area contributed by atoms with Crippen molar-refractivity contribution in [2.75, 3.05) is 19.0 Å². The van der Waals surface area contributed by atoms with Crippen LogP contribution in [-0.2, 0) is 0 Å². The van der Waals surface area contributed by atoms with Gasteiger partial charge in [0.15, 0.2) is 0 Å². The van der Waals surface area contributed by atoms with Crippen LogP contribution in [0.4, 0.5) is 5.69 Å². The molecule has 0 aliphatic rings. The number of aryl methyl sites for hydroxylation is 1. The van der Waals surface area contributed by atoms with Gasteiger partial charge in [-0.05, 0) is 12.5 Å². The molecule has 3 heteroatoms. The fraction of sp³-hybridized carbons (Fsp3) is 0.231. The standard InChI is InChI=1S/C13H13NO2/c1-8-4-6-9(7-5-8)10-11(14(2)3)13(16)12(10)15/h4-7H,1-3H3. The van der Waals surface area contributed by atoms with Gasteiger partial charge in [0, 0.05) is 14.1 Å². The van der Waals surface area contributed by atoms with E-state index < -0.39 is 0 Å². The van der Waals surface area contributed by atoms with Gasteiger partial charge in [-0.15, -0.1) is 0 Å². The van der Waals surface area contributed by atoms with E-state index in [0.717, 1.165) is 11.1 Å². The molecular formula is C13H13NO2. The van der Waals surface area contributed by atoms with Gasteiger partial charge in [0.05, 0.1) is 5.56 Å². The largest absolute Gasteiger partial charge is 0.374 e. The van der Waals surface area contributed by atoms with Gasteiger partial charge in [-0.1, -0.05) is 29.8 Å². The second-order valence-electron chi connectivity index (χ2n) is 4.14. The van der Waals surface area contributed by atoms with E-state index in [4.69, 9.17) is 0 Å². The Balaban J connectivity index is 2.58. The third-order valence-electron chi connectivity index (χ3n) is 2.67. The fourth-order valence-electron chi connectivity index (χ4n) is 1.79. The van der Waals surface area contributed by atoms with E-state index in [1.165, 1.54) is 0 Å². The van der Waals surface area contributed by atoms with E-state index in [2.05, 4.69) is 0 Å². The van der Waals surface area contributed by atoms with Crippen molar-refractivity contribution in [2.45, 2.75) is 6.92 Å². The van der Waals surface area contributed by atoms with Gasteiger partial charge >= 0.3 is 0 Å². The number of hydrogen-bond donors (Lipinski definition) is 0. The smallest absolute Gasteiger partial charge is 0.250 e. The highest BCUT2D eigenvalue weighted by molar-refractivity contribution is 5.82. The molecule has 0 bridgehead atoms. The fourth-order valence-corrected chi connectivity index (χ4v) is 1.79. The van der Waals surface area contributed by atoms with Gasteiger partial charge in [-0.2, -0.15) is 0 Å². The van der Waals surface area contributed by atoms with Crippen LogP contribution < -0.4 is 15.8 Å². The van der Waals surface area contributed by atoms with Crippen molar-refractivity contribution in [1.82, 2.24) is 0 Å². The summed E-state index contributed by atoms with van der Waals surface area (Å²) in [6, 6.07) is 7.62. The molecule has 82 valence electrons. The third kappa shape index (κ3) is 1.45. The van der Waals surface area contributed by atoms with Crippen LogP contribution in [0.1, 0.15) is 5.56 Å². The molecule has 0 aromatic heterocycles. The molecule has 2 aromatic carbocycles. The summed E-state index contributed by atoms with van der Waals surface area (Å²) in [5.41, 5.74) is 2.23. The minimum Gasteiger partial charge on any atom is -0.374 e. The normalized spacial score (nSPS) is 10.7. The second-order valence-corrected chi connectivity index (χ2v) is 4.14. The summed E-state index contributed by atoms with van der Waals surface area (Å²) >= 11 is 0. The maximum atomic E-state index is 11.5. The second kappa shape index (κ2) is 3.59. The third-order valence-corrected chi connectivity index (χ3v) is 2.67. The molecule has 0 heterocycles. The van der Waals surface area contributed by atoms with Gasteiger partial charge in [-0.25, -0.2) is 0 Å². The average Bonchev–Trinajstić information content (AvgIpc) is 2.25. The van der Waals surface area contributed by atoms with Crippen molar-refractivity contribution in [3.63, 3.8) is 0 Å². The van der Waals surface area contributed by atoms with Crippen molar-refractivity contribution >= 4 is 5.69 Å². The predicted molar refractivity (Wildman–Crippen MR) is 65.9 cm³/mol. The molecule has 0 radical (unpaired) electrons. The molecule has 3 nitrogen and oxygen atoms in total. The van der Waals surface area contributed by atoms with Crippen molar-refractivity contribution in [3.8, 4) is 11.1 Å². The van der Waals surface area contributed by atoms with Crippen LogP contribution >= 0.6 is 0 Å². The first-order valence-electron chi connectivity index (χ1n) is 5.10. The lowest BCUT2D eigenvalue weighted by molar-refractivity contribution is 1.10. The highest BCUT2D eigenvalue weighted by Crippen LogP contribution is 2.25. The van der Waals surface area contributed by atoms with Gasteiger partial charge < -0.3 is 4.90 Å². The quantitative estimate of drug-likeness (QED) is 0.709. The van der Waals surface area contributed by atoms with E-state index in [-0.39, 0.29) is 10.9 Å². The van der Waals surface area contributed by atoms with E-state index in [0.29, 0.717) is 11.3 Å². The molecule has 0 N–H and O–H groups in total. The number of benzene rings is 1. The molecule has 0 amide bonds. The molecule has 16 heavy (non-hydrogen) atoms. The Labute approximate surface area is 93.6 Å². The average molecular weight is 215 g/mol. The topological polar surface area (TPSA) is 37.4 Å². The number of hydrogen-bond acceptors (Lipinski definition) is 3. The van der Waals surface area contributed by atoms with Gasteiger partial charge in [-0.3, -0.25) is 9.59 Å². The van der Waals surface area contributed by atoms with Gasteiger partial charge in [0.25, 0.3) is 0 Å². The Morgan fingerprint density at radius 3 is 2.00 bits per heavy atom. The van der Waals surface area contributed by atoms with Crippen molar-refractivity contribution in [3.05, 3.63) is 50.3 Å². The Hall–Kier alpha value is -1.90. The minimum atomic E-state index is -0.388. The lowest BCUT2D eigenvalue weighted by Gasteiger charge is -2.18. The molecule has 0 spiro atoms. The first kappa shape index (κ1) is 10.6. The summed E-state index contributed by atoms with van der Waals surface area (Å²) in [4.78, 5) is 24.6. The zero-order chi connectivity index (χ0) is 11.9. The van der Waals surface area contributed by atoms with Crippen LogP contribution in [-0.4, -0.2) is 14.1 Å². The number of nitrogens with zero attached hydrogens (tertiary/aromatic N) is 1. The summed E-state index contributed by atoms with van der Waals surface area (Å²) in [5, 5.41) is 0. The Kier molecular flexibility index (Phi) is 2.38. The molecule has 0 atom stereocenters. The zero-order valence-electron chi connectivity index (χ0n) is 9.57. The van der Waals surface area contributed by atoms with E-state index in [9.17, 15) is 9.59 Å². The lowest BCUT2D eigenvalue weighted by Crippen LogP contribution is -2.39. The van der Waals surface area contributed by atoms with Crippen molar-refractivity contribution in [1.29, 1.82) is 0 Å². The summed E-state index contributed by atoms with van der Waals surface area (Å²) in [6.45, 7) is 1.98.